The van der Waals surface area contributed by atoms with Gasteiger partial charge < -0.3 is 14.1 Å². The van der Waals surface area contributed by atoms with E-state index in [1.165, 1.54) is 4.90 Å². The van der Waals surface area contributed by atoms with E-state index in [1.807, 2.05) is 6.92 Å². The standard InChI is InChI=1S/C11H18BNO5/c1-3-4-5-9(8-14)12-17-10(15)6-13(2)7-11(16)18-12/h8-9H,3-7H2,1-2H3. The van der Waals surface area contributed by atoms with E-state index < -0.39 is 24.9 Å². The van der Waals surface area contributed by atoms with Gasteiger partial charge in [0.15, 0.2) is 0 Å². The van der Waals surface area contributed by atoms with Gasteiger partial charge in [0.25, 0.3) is 0 Å². The number of hydrogen-bond donors (Lipinski definition) is 0. The van der Waals surface area contributed by atoms with Crippen molar-refractivity contribution in [3.05, 3.63) is 0 Å². The molecule has 6 nitrogen and oxygen atoms in total. The molecule has 1 rings (SSSR count). The summed E-state index contributed by atoms with van der Waals surface area (Å²) in [5, 5.41) is 0. The second kappa shape index (κ2) is 7.15. The van der Waals surface area contributed by atoms with Crippen molar-refractivity contribution in [3.8, 4) is 0 Å². The van der Waals surface area contributed by atoms with E-state index in [1.54, 1.807) is 7.05 Å². The Kier molecular flexibility index (Phi) is 5.84. The third-order valence-corrected chi connectivity index (χ3v) is 2.71. The quantitative estimate of drug-likeness (QED) is 0.518. The Bertz CT molecular complexity index is 303. The summed E-state index contributed by atoms with van der Waals surface area (Å²) in [7, 11) is 0.541. The van der Waals surface area contributed by atoms with Crippen molar-refractivity contribution in [2.45, 2.75) is 32.0 Å². The fraction of sp³-hybridized carbons (Fsp3) is 0.727. The van der Waals surface area contributed by atoms with Crippen molar-refractivity contribution in [2.24, 2.45) is 0 Å². The largest absolute Gasteiger partial charge is 0.609 e. The van der Waals surface area contributed by atoms with Crippen LogP contribution in [0.2, 0.25) is 5.82 Å². The summed E-state index contributed by atoms with van der Waals surface area (Å²) in [5.41, 5.74) is 0. The molecule has 0 aromatic carbocycles. The van der Waals surface area contributed by atoms with E-state index in [4.69, 9.17) is 9.31 Å². The second-order valence-corrected chi connectivity index (χ2v) is 4.46. The minimum absolute atomic E-state index is 0.0188. The molecule has 0 saturated carbocycles. The van der Waals surface area contributed by atoms with Gasteiger partial charge in [-0.15, -0.1) is 0 Å². The van der Waals surface area contributed by atoms with Crippen LogP contribution in [0.4, 0.5) is 0 Å². The molecule has 0 aromatic rings. The maximum absolute atomic E-state index is 11.5. The van der Waals surface area contributed by atoms with Gasteiger partial charge >= 0.3 is 19.1 Å². The molecule has 100 valence electrons. The maximum Gasteiger partial charge on any atom is 0.609 e. The van der Waals surface area contributed by atoms with Crippen LogP contribution in [0, 0.1) is 0 Å². The average molecular weight is 255 g/mol. The predicted octanol–water partition coefficient (Wildman–Crippen LogP) is 0.266. The van der Waals surface area contributed by atoms with Crippen molar-refractivity contribution in [2.75, 3.05) is 20.1 Å². The number of unbranched alkanes of at least 4 members (excludes halogenated alkanes) is 1. The lowest BCUT2D eigenvalue weighted by Crippen LogP contribution is -2.44. The maximum atomic E-state index is 11.5. The highest BCUT2D eigenvalue weighted by Crippen LogP contribution is 2.19. The first-order valence-corrected chi connectivity index (χ1v) is 6.09. The van der Waals surface area contributed by atoms with Gasteiger partial charge in [0, 0.05) is 0 Å². The van der Waals surface area contributed by atoms with Crippen LogP contribution in [0.3, 0.4) is 0 Å². The SMILES string of the molecule is CCCCC(C=O)B1OC(=O)CN(C)CC(=O)O1. The molecule has 1 fully saturated rings. The van der Waals surface area contributed by atoms with E-state index >= 15 is 0 Å². The summed E-state index contributed by atoms with van der Waals surface area (Å²) in [6.45, 7) is 2.03. The molecule has 0 radical (unpaired) electrons. The Morgan fingerprint density at radius 2 is 1.89 bits per heavy atom. The Balaban J connectivity index is 2.68. The monoisotopic (exact) mass is 255 g/mol. The Labute approximate surface area is 107 Å². The zero-order valence-electron chi connectivity index (χ0n) is 10.8. The van der Waals surface area contributed by atoms with Crippen molar-refractivity contribution in [3.63, 3.8) is 0 Å². The number of hydrogen-bond acceptors (Lipinski definition) is 6. The first-order valence-electron chi connectivity index (χ1n) is 6.09. The molecular weight excluding hydrogens is 237 g/mol. The van der Waals surface area contributed by atoms with Crippen LogP contribution in [0.5, 0.6) is 0 Å². The lowest BCUT2D eigenvalue weighted by Gasteiger charge is -2.24. The third-order valence-electron chi connectivity index (χ3n) is 2.71. The van der Waals surface area contributed by atoms with Crippen molar-refractivity contribution in [1.29, 1.82) is 0 Å². The average Bonchev–Trinajstić information content (AvgIpc) is 2.27. The zero-order valence-corrected chi connectivity index (χ0v) is 10.8. The first-order chi connectivity index (χ1) is 8.56. The van der Waals surface area contributed by atoms with Crippen LogP contribution in [-0.4, -0.2) is 50.4 Å². The summed E-state index contributed by atoms with van der Waals surface area (Å²) < 4.78 is 10.1. The lowest BCUT2D eigenvalue weighted by atomic mass is 9.69. The van der Waals surface area contributed by atoms with Gasteiger partial charge in [-0.25, -0.2) is 0 Å². The molecule has 1 unspecified atom stereocenters. The number of carbonyl (C=O) groups is 3. The Morgan fingerprint density at radius 3 is 2.33 bits per heavy atom. The molecule has 1 heterocycles. The van der Waals surface area contributed by atoms with Crippen molar-refractivity contribution >= 4 is 25.3 Å². The summed E-state index contributed by atoms with van der Waals surface area (Å²) in [4.78, 5) is 35.5. The fourth-order valence-electron chi connectivity index (χ4n) is 1.74. The van der Waals surface area contributed by atoms with Gasteiger partial charge in [-0.3, -0.25) is 14.5 Å². The molecule has 0 spiro atoms. The van der Waals surface area contributed by atoms with E-state index in [9.17, 15) is 14.4 Å². The highest BCUT2D eigenvalue weighted by molar-refractivity contribution is 6.54. The zero-order chi connectivity index (χ0) is 13.5. The third kappa shape index (κ3) is 4.48. The molecule has 1 atom stereocenters. The molecule has 0 N–H and O–H groups in total. The molecule has 7 heteroatoms. The molecular formula is C11H18BNO5. The minimum Gasteiger partial charge on any atom is -0.498 e. The highest BCUT2D eigenvalue weighted by Gasteiger charge is 2.39. The van der Waals surface area contributed by atoms with Gasteiger partial charge in [-0.2, -0.15) is 0 Å². The summed E-state index contributed by atoms with van der Waals surface area (Å²) in [6, 6.07) is 0. The van der Waals surface area contributed by atoms with Crippen LogP contribution in [-0.2, 0) is 23.7 Å². The second-order valence-electron chi connectivity index (χ2n) is 4.46. The number of rotatable bonds is 5. The first kappa shape index (κ1) is 14.7. The van der Waals surface area contributed by atoms with Crippen LogP contribution >= 0.6 is 0 Å². The van der Waals surface area contributed by atoms with Gasteiger partial charge in [0.1, 0.15) is 6.29 Å². The molecule has 1 aliphatic heterocycles. The molecule has 1 aliphatic rings. The Hall–Kier alpha value is -1.37. The summed E-state index contributed by atoms with van der Waals surface area (Å²) >= 11 is 0. The van der Waals surface area contributed by atoms with E-state index in [0.29, 0.717) is 12.7 Å². The minimum atomic E-state index is -1.08. The Morgan fingerprint density at radius 1 is 1.33 bits per heavy atom. The van der Waals surface area contributed by atoms with Crippen LogP contribution in [0.1, 0.15) is 26.2 Å². The summed E-state index contributed by atoms with van der Waals surface area (Å²) in [5.74, 6) is -1.56. The topological polar surface area (TPSA) is 72.9 Å². The lowest BCUT2D eigenvalue weighted by molar-refractivity contribution is -0.145. The predicted molar refractivity (Wildman–Crippen MR) is 64.8 cm³/mol. The molecule has 0 bridgehead atoms. The van der Waals surface area contributed by atoms with Crippen LogP contribution in [0.15, 0.2) is 0 Å². The molecule has 18 heavy (non-hydrogen) atoms. The normalized spacial score (nSPS) is 19.6. The highest BCUT2D eigenvalue weighted by atomic mass is 16.6. The van der Waals surface area contributed by atoms with Crippen LogP contribution in [0.25, 0.3) is 0 Å². The molecule has 1 saturated heterocycles. The van der Waals surface area contributed by atoms with Crippen molar-refractivity contribution in [1.82, 2.24) is 4.90 Å². The van der Waals surface area contributed by atoms with E-state index in [0.717, 1.165) is 12.8 Å². The van der Waals surface area contributed by atoms with Crippen molar-refractivity contribution < 1.29 is 23.7 Å². The van der Waals surface area contributed by atoms with Crippen LogP contribution < -0.4 is 0 Å². The smallest absolute Gasteiger partial charge is 0.498 e. The number of aldehydes is 1. The molecule has 0 amide bonds. The van der Waals surface area contributed by atoms with Gasteiger partial charge in [0.2, 0.25) is 0 Å². The summed E-state index contributed by atoms with van der Waals surface area (Å²) in [6.07, 6.45) is 2.96. The fourth-order valence-corrected chi connectivity index (χ4v) is 1.74. The van der Waals surface area contributed by atoms with Gasteiger partial charge in [0.05, 0.1) is 18.9 Å². The number of likely N-dealkylation sites (N-methyl/N-ethyl adjacent to an activating group) is 1. The van der Waals surface area contributed by atoms with Gasteiger partial charge in [-0.1, -0.05) is 19.8 Å². The van der Waals surface area contributed by atoms with Gasteiger partial charge in [-0.05, 0) is 13.5 Å². The van der Waals surface area contributed by atoms with E-state index in [2.05, 4.69) is 0 Å². The number of nitrogens with zero attached hydrogens (tertiary/aromatic N) is 1. The molecule has 0 aromatic heterocycles. The number of carbonyl (C=O) groups excluding carboxylic acids is 3. The van der Waals surface area contributed by atoms with E-state index in [-0.39, 0.29) is 13.1 Å². The molecule has 0 aliphatic carbocycles.